The van der Waals surface area contributed by atoms with Crippen molar-refractivity contribution >= 4 is 32.7 Å². The number of para-hydroxylation sites is 1. The number of fused-ring (bicyclic) bond motifs is 4. The van der Waals surface area contributed by atoms with Gasteiger partial charge in [-0.3, -0.25) is 0 Å². The zero-order valence-electron chi connectivity index (χ0n) is 32.0. The predicted octanol–water partition coefficient (Wildman–Crippen LogP) is 14.6. The fraction of sp³-hybridized carbons (Fsp3) is 0. The third-order valence-corrected chi connectivity index (χ3v) is 11.1. The zero-order valence-corrected chi connectivity index (χ0v) is 32.0. The van der Waals surface area contributed by atoms with E-state index in [1.165, 1.54) is 11.1 Å². The molecular formula is C55H35N3O. The fourth-order valence-electron chi connectivity index (χ4n) is 8.15. The highest BCUT2D eigenvalue weighted by atomic mass is 16.3. The predicted molar refractivity (Wildman–Crippen MR) is 243 cm³/mol. The van der Waals surface area contributed by atoms with Crippen molar-refractivity contribution < 1.29 is 4.42 Å². The lowest BCUT2D eigenvalue weighted by Gasteiger charge is -2.11. The highest BCUT2D eigenvalue weighted by molar-refractivity contribution is 6.15. The van der Waals surface area contributed by atoms with Crippen molar-refractivity contribution in [3.8, 4) is 78.7 Å². The molecule has 0 N–H and O–H groups in total. The van der Waals surface area contributed by atoms with Gasteiger partial charge in [0.15, 0.2) is 17.5 Å². The Bertz CT molecular complexity index is 3300. The summed E-state index contributed by atoms with van der Waals surface area (Å²) >= 11 is 0. The van der Waals surface area contributed by atoms with Crippen LogP contribution in [-0.2, 0) is 0 Å². The van der Waals surface area contributed by atoms with Gasteiger partial charge in [0.05, 0.1) is 0 Å². The van der Waals surface area contributed by atoms with Crippen molar-refractivity contribution in [3.05, 3.63) is 212 Å². The van der Waals surface area contributed by atoms with E-state index in [9.17, 15) is 0 Å². The number of nitrogens with zero attached hydrogens (tertiary/aromatic N) is 3. The molecule has 0 aliphatic heterocycles. The summed E-state index contributed by atoms with van der Waals surface area (Å²) in [5, 5.41) is 4.25. The number of hydrogen-bond donors (Lipinski definition) is 0. The molecule has 2 heterocycles. The first-order valence-corrected chi connectivity index (χ1v) is 19.8. The van der Waals surface area contributed by atoms with E-state index in [4.69, 9.17) is 19.4 Å². The van der Waals surface area contributed by atoms with Gasteiger partial charge in [-0.25, -0.2) is 15.0 Å². The lowest BCUT2D eigenvalue weighted by molar-refractivity contribution is 0.670. The van der Waals surface area contributed by atoms with Crippen LogP contribution in [0.25, 0.3) is 111 Å². The molecule has 0 atom stereocenters. The molecule has 2 aromatic heterocycles. The van der Waals surface area contributed by atoms with Gasteiger partial charge in [0.25, 0.3) is 0 Å². The van der Waals surface area contributed by atoms with Crippen molar-refractivity contribution in [2.75, 3.05) is 0 Å². The van der Waals surface area contributed by atoms with Crippen molar-refractivity contribution in [1.82, 2.24) is 15.0 Å². The molecule has 0 saturated heterocycles. The van der Waals surface area contributed by atoms with Crippen LogP contribution in [0.4, 0.5) is 0 Å². The van der Waals surface area contributed by atoms with E-state index in [0.29, 0.717) is 17.5 Å². The Morgan fingerprint density at radius 1 is 0.288 bits per heavy atom. The molecule has 0 aliphatic rings. The van der Waals surface area contributed by atoms with Crippen LogP contribution in [0.15, 0.2) is 217 Å². The minimum Gasteiger partial charge on any atom is -0.455 e. The summed E-state index contributed by atoms with van der Waals surface area (Å²) in [4.78, 5) is 15.6. The molecule has 0 spiro atoms. The summed E-state index contributed by atoms with van der Waals surface area (Å²) in [6, 6.07) is 74.0. The van der Waals surface area contributed by atoms with Gasteiger partial charge in [0.2, 0.25) is 0 Å². The molecule has 59 heavy (non-hydrogen) atoms. The summed E-state index contributed by atoms with van der Waals surface area (Å²) < 4.78 is 6.76. The van der Waals surface area contributed by atoms with Gasteiger partial charge < -0.3 is 4.42 Å². The first-order chi connectivity index (χ1) is 29.2. The molecule has 11 aromatic rings. The topological polar surface area (TPSA) is 51.8 Å². The molecule has 0 fully saturated rings. The molecule has 0 saturated carbocycles. The number of furan rings is 1. The lowest BCUT2D eigenvalue weighted by Crippen LogP contribution is -2.00. The fourth-order valence-corrected chi connectivity index (χ4v) is 8.15. The largest absolute Gasteiger partial charge is 0.455 e. The number of aromatic nitrogens is 3. The van der Waals surface area contributed by atoms with Gasteiger partial charge in [-0.2, -0.15) is 0 Å². The number of benzene rings is 9. The molecule has 0 radical (unpaired) electrons. The molecule has 0 amide bonds. The standard InChI is InChI=1S/C55H35N3O/c1-4-13-36(14-5-1)39-25-29-41(30-26-39)53-56-54(45-32-28-40-27-31-43(34-46(40)35-45)38-17-8-3-9-18-38)58-55(57-53)49-23-12-24-50-51(49)48-22-11-21-47(52(48)59-50)44-20-10-19-42(33-44)37-15-6-2-7-16-37/h1-35H. The maximum absolute atomic E-state index is 6.76. The Labute approximate surface area is 341 Å². The number of rotatable bonds is 7. The monoisotopic (exact) mass is 753 g/mol. The molecule has 0 unspecified atom stereocenters. The summed E-state index contributed by atoms with van der Waals surface area (Å²) in [6.07, 6.45) is 0. The van der Waals surface area contributed by atoms with Crippen LogP contribution < -0.4 is 0 Å². The van der Waals surface area contributed by atoms with E-state index in [1.807, 2.05) is 30.3 Å². The summed E-state index contributed by atoms with van der Waals surface area (Å²) in [7, 11) is 0. The average Bonchev–Trinajstić information content (AvgIpc) is 3.71. The molecule has 11 rings (SSSR count). The van der Waals surface area contributed by atoms with Crippen molar-refractivity contribution in [2.24, 2.45) is 0 Å². The van der Waals surface area contributed by atoms with E-state index in [-0.39, 0.29) is 0 Å². The first kappa shape index (κ1) is 34.3. The Morgan fingerprint density at radius 3 is 1.47 bits per heavy atom. The van der Waals surface area contributed by atoms with Crippen molar-refractivity contribution in [1.29, 1.82) is 0 Å². The lowest BCUT2D eigenvalue weighted by atomic mass is 9.97. The van der Waals surface area contributed by atoms with Crippen LogP contribution in [0.5, 0.6) is 0 Å². The van der Waals surface area contributed by atoms with Gasteiger partial charge >= 0.3 is 0 Å². The van der Waals surface area contributed by atoms with Crippen LogP contribution >= 0.6 is 0 Å². The molecule has 4 heteroatoms. The smallest absolute Gasteiger partial charge is 0.164 e. The molecule has 0 aliphatic carbocycles. The first-order valence-electron chi connectivity index (χ1n) is 19.8. The van der Waals surface area contributed by atoms with Gasteiger partial charge in [-0.05, 0) is 74.0 Å². The second kappa shape index (κ2) is 14.5. The van der Waals surface area contributed by atoms with Gasteiger partial charge in [-0.1, -0.05) is 188 Å². The minimum absolute atomic E-state index is 0.583. The van der Waals surface area contributed by atoms with Crippen LogP contribution in [0.3, 0.4) is 0 Å². The van der Waals surface area contributed by atoms with Gasteiger partial charge in [0, 0.05) is 33.0 Å². The molecule has 4 nitrogen and oxygen atoms in total. The number of hydrogen-bond acceptors (Lipinski definition) is 4. The summed E-state index contributed by atoms with van der Waals surface area (Å²) in [6.45, 7) is 0. The van der Waals surface area contributed by atoms with E-state index >= 15 is 0 Å². The maximum Gasteiger partial charge on any atom is 0.164 e. The van der Waals surface area contributed by atoms with Crippen LogP contribution in [0.2, 0.25) is 0 Å². The van der Waals surface area contributed by atoms with E-state index in [1.54, 1.807) is 0 Å². The second-order valence-corrected chi connectivity index (χ2v) is 14.8. The third-order valence-electron chi connectivity index (χ3n) is 11.1. The Morgan fingerprint density at radius 2 is 0.763 bits per heavy atom. The Hall–Kier alpha value is -7.95. The van der Waals surface area contributed by atoms with Gasteiger partial charge in [0.1, 0.15) is 11.2 Å². The van der Waals surface area contributed by atoms with Crippen molar-refractivity contribution in [3.63, 3.8) is 0 Å². The van der Waals surface area contributed by atoms with Crippen LogP contribution in [-0.4, -0.2) is 15.0 Å². The SMILES string of the molecule is c1ccc(-c2ccc(-c3nc(-c4ccc5ccc(-c6ccccc6)cc5c4)nc(-c4cccc5oc6c(-c7cccc(-c8ccccc8)c7)cccc6c45)n3)cc2)cc1. The summed E-state index contributed by atoms with van der Waals surface area (Å²) in [5.41, 5.74) is 13.4. The van der Waals surface area contributed by atoms with Crippen LogP contribution in [0.1, 0.15) is 0 Å². The molecule has 0 bridgehead atoms. The second-order valence-electron chi connectivity index (χ2n) is 14.8. The zero-order chi connectivity index (χ0) is 39.1. The Balaban J connectivity index is 1.08. The Kier molecular flexibility index (Phi) is 8.45. The molecule has 9 aromatic carbocycles. The van der Waals surface area contributed by atoms with Gasteiger partial charge in [-0.15, -0.1) is 0 Å². The highest BCUT2D eigenvalue weighted by Crippen LogP contribution is 2.41. The molecule has 276 valence electrons. The van der Waals surface area contributed by atoms with Crippen LogP contribution in [0, 0.1) is 0 Å². The third kappa shape index (κ3) is 6.43. The minimum atomic E-state index is 0.583. The van der Waals surface area contributed by atoms with Crippen molar-refractivity contribution in [2.45, 2.75) is 0 Å². The molecular weight excluding hydrogens is 719 g/mol. The van der Waals surface area contributed by atoms with E-state index < -0.39 is 0 Å². The maximum atomic E-state index is 6.76. The quantitative estimate of drug-likeness (QED) is 0.163. The highest BCUT2D eigenvalue weighted by Gasteiger charge is 2.20. The van der Waals surface area contributed by atoms with E-state index in [2.05, 4.69) is 182 Å². The van der Waals surface area contributed by atoms with E-state index in [0.717, 1.165) is 82.8 Å². The average molecular weight is 754 g/mol. The summed E-state index contributed by atoms with van der Waals surface area (Å²) in [5.74, 6) is 1.79. The normalized spacial score (nSPS) is 11.4.